The zero-order valence-electron chi connectivity index (χ0n) is 9.60. The van der Waals surface area contributed by atoms with Crippen molar-refractivity contribution in [3.63, 3.8) is 0 Å². The normalized spacial score (nSPS) is 18.1. The van der Waals surface area contributed by atoms with Crippen LogP contribution >= 0.6 is 0 Å². The number of aromatic hydroxyl groups is 1. The molecular formula is C13H17NO3. The Morgan fingerprint density at radius 3 is 2.35 bits per heavy atom. The smallest absolute Gasteiger partial charge is 0.325 e. The maximum atomic E-state index is 11.2. The second kappa shape index (κ2) is 5.19. The van der Waals surface area contributed by atoms with Crippen molar-refractivity contribution in [1.29, 1.82) is 0 Å². The van der Waals surface area contributed by atoms with Gasteiger partial charge in [-0.15, -0.1) is 0 Å². The highest BCUT2D eigenvalue weighted by atomic mass is 16.4. The van der Waals surface area contributed by atoms with E-state index in [0.29, 0.717) is 11.6 Å². The fourth-order valence-electron chi connectivity index (χ4n) is 2.31. The minimum Gasteiger partial charge on any atom is -0.508 e. The number of aliphatic carboxylic acids is 1. The molecule has 1 aliphatic carbocycles. The fraction of sp³-hybridized carbons (Fsp3) is 0.462. The van der Waals surface area contributed by atoms with Crippen molar-refractivity contribution in [3.05, 3.63) is 29.8 Å². The molecule has 17 heavy (non-hydrogen) atoms. The molecule has 0 heterocycles. The van der Waals surface area contributed by atoms with Gasteiger partial charge in [0.1, 0.15) is 11.8 Å². The van der Waals surface area contributed by atoms with Crippen LogP contribution in [0.3, 0.4) is 0 Å². The first-order valence-corrected chi connectivity index (χ1v) is 5.94. The lowest BCUT2D eigenvalue weighted by Crippen LogP contribution is -2.35. The molecule has 1 fully saturated rings. The van der Waals surface area contributed by atoms with Crippen molar-refractivity contribution < 1.29 is 15.0 Å². The van der Waals surface area contributed by atoms with Gasteiger partial charge in [0.15, 0.2) is 0 Å². The Morgan fingerprint density at radius 2 is 1.82 bits per heavy atom. The van der Waals surface area contributed by atoms with Crippen molar-refractivity contribution >= 4 is 5.97 Å². The van der Waals surface area contributed by atoms with Gasteiger partial charge in [0.2, 0.25) is 0 Å². The van der Waals surface area contributed by atoms with Crippen LogP contribution in [0.4, 0.5) is 0 Å². The Bertz CT molecular complexity index is 382. The van der Waals surface area contributed by atoms with E-state index >= 15 is 0 Å². The van der Waals surface area contributed by atoms with Gasteiger partial charge >= 0.3 is 5.97 Å². The van der Waals surface area contributed by atoms with Gasteiger partial charge in [-0.3, -0.25) is 10.1 Å². The lowest BCUT2D eigenvalue weighted by molar-refractivity contribution is -0.139. The minimum absolute atomic E-state index is 0.152. The van der Waals surface area contributed by atoms with Gasteiger partial charge in [-0.05, 0) is 30.5 Å². The number of carboxylic acids is 1. The highest BCUT2D eigenvalue weighted by Gasteiger charge is 2.25. The van der Waals surface area contributed by atoms with Crippen molar-refractivity contribution in [2.24, 2.45) is 0 Å². The molecule has 4 nitrogen and oxygen atoms in total. The molecule has 0 bridgehead atoms. The van der Waals surface area contributed by atoms with E-state index in [2.05, 4.69) is 5.32 Å². The number of hydrogen-bond acceptors (Lipinski definition) is 3. The van der Waals surface area contributed by atoms with Gasteiger partial charge < -0.3 is 10.2 Å². The summed E-state index contributed by atoms with van der Waals surface area (Å²) in [4.78, 5) is 11.2. The van der Waals surface area contributed by atoms with Gasteiger partial charge in [0.25, 0.3) is 0 Å². The summed E-state index contributed by atoms with van der Waals surface area (Å²) in [6.45, 7) is 0. The quantitative estimate of drug-likeness (QED) is 0.747. The summed E-state index contributed by atoms with van der Waals surface area (Å²) < 4.78 is 0. The van der Waals surface area contributed by atoms with Crippen LogP contribution in [0.2, 0.25) is 0 Å². The van der Waals surface area contributed by atoms with Crippen molar-refractivity contribution in [3.8, 4) is 5.75 Å². The molecule has 1 aliphatic rings. The lowest BCUT2D eigenvalue weighted by Gasteiger charge is -2.19. The first-order chi connectivity index (χ1) is 8.16. The molecule has 0 radical (unpaired) electrons. The number of carbonyl (C=O) groups is 1. The maximum absolute atomic E-state index is 11.2. The molecule has 2 rings (SSSR count). The van der Waals surface area contributed by atoms with Crippen LogP contribution in [0.25, 0.3) is 0 Å². The van der Waals surface area contributed by atoms with Crippen LogP contribution in [-0.2, 0) is 4.79 Å². The number of nitrogens with one attached hydrogen (secondary N) is 1. The summed E-state index contributed by atoms with van der Waals surface area (Å²) in [5.41, 5.74) is 0.683. The fourth-order valence-corrected chi connectivity index (χ4v) is 2.31. The van der Waals surface area contributed by atoms with Gasteiger partial charge in [0.05, 0.1) is 0 Å². The highest BCUT2D eigenvalue weighted by Crippen LogP contribution is 2.23. The Morgan fingerprint density at radius 1 is 1.24 bits per heavy atom. The van der Waals surface area contributed by atoms with E-state index in [1.807, 2.05) is 0 Å². The maximum Gasteiger partial charge on any atom is 0.325 e. The molecule has 92 valence electrons. The van der Waals surface area contributed by atoms with Crippen molar-refractivity contribution in [2.45, 2.75) is 37.8 Å². The first kappa shape index (κ1) is 11.9. The van der Waals surface area contributed by atoms with E-state index in [1.54, 1.807) is 12.1 Å². The highest BCUT2D eigenvalue weighted by molar-refractivity contribution is 5.75. The monoisotopic (exact) mass is 235 g/mol. The van der Waals surface area contributed by atoms with E-state index in [0.717, 1.165) is 12.8 Å². The molecular weight excluding hydrogens is 218 g/mol. The predicted octanol–water partition coefficient (Wildman–Crippen LogP) is 2.05. The van der Waals surface area contributed by atoms with Gasteiger partial charge in [-0.1, -0.05) is 25.0 Å². The van der Waals surface area contributed by atoms with E-state index in [4.69, 9.17) is 0 Å². The Hall–Kier alpha value is -1.55. The third-order valence-corrected chi connectivity index (χ3v) is 3.23. The number of rotatable bonds is 4. The van der Waals surface area contributed by atoms with Crippen LogP contribution in [0.5, 0.6) is 5.75 Å². The summed E-state index contributed by atoms with van der Waals surface area (Å²) in [6, 6.07) is 5.94. The lowest BCUT2D eigenvalue weighted by atomic mass is 10.1. The molecule has 0 amide bonds. The standard InChI is InChI=1S/C13H17NO3/c15-11-7-5-9(6-8-11)12(13(16)17)14-10-3-1-2-4-10/h5-8,10,12,14-15H,1-4H2,(H,16,17). The van der Waals surface area contributed by atoms with Crippen molar-refractivity contribution in [1.82, 2.24) is 5.32 Å². The minimum atomic E-state index is -0.873. The summed E-state index contributed by atoms with van der Waals surface area (Å²) in [5, 5.41) is 21.6. The SMILES string of the molecule is O=C(O)C(NC1CCCC1)c1ccc(O)cc1. The molecule has 0 aromatic heterocycles. The van der Waals surface area contributed by atoms with Crippen LogP contribution in [0.15, 0.2) is 24.3 Å². The summed E-state index contributed by atoms with van der Waals surface area (Å²) in [5.74, 6) is -0.721. The molecule has 0 aliphatic heterocycles. The van der Waals surface area contributed by atoms with Crippen LogP contribution in [0, 0.1) is 0 Å². The summed E-state index contributed by atoms with van der Waals surface area (Å²) in [6.07, 6.45) is 4.42. The zero-order chi connectivity index (χ0) is 12.3. The van der Waals surface area contributed by atoms with E-state index in [9.17, 15) is 15.0 Å². The first-order valence-electron chi connectivity index (χ1n) is 5.94. The van der Waals surface area contributed by atoms with Crippen molar-refractivity contribution in [2.75, 3.05) is 0 Å². The van der Waals surface area contributed by atoms with E-state index in [1.165, 1.54) is 25.0 Å². The molecule has 1 atom stereocenters. The molecule has 3 N–H and O–H groups in total. The summed E-state index contributed by atoms with van der Waals surface area (Å²) in [7, 11) is 0. The van der Waals surface area contributed by atoms with Crippen LogP contribution in [0.1, 0.15) is 37.3 Å². The average Bonchev–Trinajstić information content (AvgIpc) is 2.80. The largest absolute Gasteiger partial charge is 0.508 e. The van der Waals surface area contributed by atoms with Gasteiger partial charge in [-0.2, -0.15) is 0 Å². The molecule has 1 unspecified atom stereocenters. The molecule has 0 saturated heterocycles. The van der Waals surface area contributed by atoms with Crippen LogP contribution in [-0.4, -0.2) is 22.2 Å². The number of carboxylic acid groups (broad SMARTS) is 1. The molecule has 0 spiro atoms. The van der Waals surface area contributed by atoms with Crippen LogP contribution < -0.4 is 5.32 Å². The zero-order valence-corrected chi connectivity index (χ0v) is 9.60. The predicted molar refractivity (Wildman–Crippen MR) is 63.9 cm³/mol. The topological polar surface area (TPSA) is 69.6 Å². The third kappa shape index (κ3) is 2.97. The van der Waals surface area contributed by atoms with Gasteiger partial charge in [0, 0.05) is 6.04 Å². The molecule has 1 saturated carbocycles. The number of benzene rings is 1. The Balaban J connectivity index is 2.10. The van der Waals surface area contributed by atoms with E-state index in [-0.39, 0.29) is 5.75 Å². The molecule has 1 aromatic rings. The third-order valence-electron chi connectivity index (χ3n) is 3.23. The van der Waals surface area contributed by atoms with Gasteiger partial charge in [-0.25, -0.2) is 0 Å². The second-order valence-corrected chi connectivity index (χ2v) is 4.51. The number of phenols is 1. The second-order valence-electron chi connectivity index (χ2n) is 4.51. The Kier molecular flexibility index (Phi) is 3.64. The molecule has 1 aromatic carbocycles. The van der Waals surface area contributed by atoms with E-state index < -0.39 is 12.0 Å². The number of phenolic OH excluding ortho intramolecular Hbond substituents is 1. The molecule has 4 heteroatoms. The summed E-state index contributed by atoms with van der Waals surface area (Å²) >= 11 is 0. The number of hydrogen-bond donors (Lipinski definition) is 3. The Labute approximate surface area is 100 Å². The average molecular weight is 235 g/mol.